The third-order valence-corrected chi connectivity index (χ3v) is 1.58. The average Bonchev–Trinajstić information content (AvgIpc) is 1.97. The Morgan fingerprint density at radius 2 is 1.45 bits per heavy atom. The van der Waals surface area contributed by atoms with Crippen molar-refractivity contribution >= 4 is 0 Å². The number of hydrogen-bond donors (Lipinski definition) is 0. The van der Waals surface area contributed by atoms with E-state index in [4.69, 9.17) is 0 Å². The van der Waals surface area contributed by atoms with Crippen LogP contribution in [0.3, 0.4) is 0 Å². The first-order valence-electron chi connectivity index (χ1n) is 3.01. The molecule has 1 nitrogen and oxygen atoms in total. The molecule has 1 heterocycles. The minimum Gasteiger partial charge on any atom is -0.202 e. The zero-order valence-electron chi connectivity index (χ0n) is 6.08. The maximum absolute atomic E-state index is 12.6. The summed E-state index contributed by atoms with van der Waals surface area (Å²) in [5.41, 5.74) is 0.0129. The fourth-order valence-electron chi connectivity index (χ4n) is 0.693. The number of halogens is 3. The summed E-state index contributed by atoms with van der Waals surface area (Å²) >= 11 is 0. The van der Waals surface area contributed by atoms with Crippen LogP contribution in [0.25, 0.3) is 0 Å². The average molecular weight is 161 g/mol. The first kappa shape index (κ1) is 8.04. The van der Waals surface area contributed by atoms with Gasteiger partial charge in [0.2, 0.25) is 5.95 Å². The Labute approximate surface area is 61.9 Å². The molecule has 0 aromatic carbocycles. The molecule has 0 aliphatic carbocycles. The summed E-state index contributed by atoms with van der Waals surface area (Å²) in [6.07, 6.45) is 0. The Morgan fingerprint density at radius 3 is 2.00 bits per heavy atom. The molecule has 0 saturated carbocycles. The molecular weight excluding hydrogens is 155 g/mol. The van der Waals surface area contributed by atoms with E-state index in [1.54, 1.807) is 0 Å². The highest BCUT2D eigenvalue weighted by Gasteiger charge is 2.12. The molecule has 0 atom stereocenters. The molecular formula is C7H6F3N. The molecule has 0 unspecified atom stereocenters. The van der Waals surface area contributed by atoms with Crippen LogP contribution in [0.2, 0.25) is 0 Å². The number of hydrogen-bond acceptors (Lipinski definition) is 1. The largest absolute Gasteiger partial charge is 0.251 e. The van der Waals surface area contributed by atoms with Gasteiger partial charge in [0.05, 0.1) is 0 Å². The normalized spacial score (nSPS) is 10.3. The van der Waals surface area contributed by atoms with Crippen LogP contribution in [0, 0.1) is 31.6 Å². The van der Waals surface area contributed by atoms with Crippen LogP contribution in [0.1, 0.15) is 11.1 Å². The first-order valence-corrected chi connectivity index (χ1v) is 3.01. The molecule has 0 radical (unpaired) electrons. The van der Waals surface area contributed by atoms with Crippen LogP contribution in [0.5, 0.6) is 0 Å². The highest BCUT2D eigenvalue weighted by molar-refractivity contribution is 5.23. The van der Waals surface area contributed by atoms with Crippen molar-refractivity contribution in [2.45, 2.75) is 13.8 Å². The fourth-order valence-corrected chi connectivity index (χ4v) is 0.693. The molecule has 0 aliphatic rings. The molecule has 0 saturated heterocycles. The molecule has 0 spiro atoms. The van der Waals surface area contributed by atoms with E-state index >= 15 is 0 Å². The van der Waals surface area contributed by atoms with E-state index in [2.05, 4.69) is 4.98 Å². The van der Waals surface area contributed by atoms with Crippen LogP contribution in [0.15, 0.2) is 0 Å². The van der Waals surface area contributed by atoms with Gasteiger partial charge in [0.15, 0.2) is 5.82 Å². The third-order valence-electron chi connectivity index (χ3n) is 1.58. The van der Waals surface area contributed by atoms with Crippen LogP contribution >= 0.6 is 0 Å². The second-order valence-corrected chi connectivity index (χ2v) is 2.26. The fraction of sp³-hybridized carbons (Fsp3) is 0.286. The van der Waals surface area contributed by atoms with Crippen LogP contribution in [0.4, 0.5) is 13.2 Å². The molecule has 4 heteroatoms. The summed E-state index contributed by atoms with van der Waals surface area (Å²) in [6.45, 7) is 2.65. The standard InChI is InChI=1S/C7H6F3N/c1-3-4(2)6(9)11-7(10)5(3)8/h1-2H3. The maximum Gasteiger partial charge on any atom is 0.251 e. The molecule has 0 N–H and O–H groups in total. The first-order chi connectivity index (χ1) is 5.04. The van der Waals surface area contributed by atoms with Crippen molar-refractivity contribution in [1.82, 2.24) is 4.98 Å². The minimum atomic E-state index is -1.38. The Kier molecular flexibility index (Phi) is 1.85. The number of rotatable bonds is 0. The third kappa shape index (κ3) is 1.20. The van der Waals surface area contributed by atoms with E-state index in [9.17, 15) is 13.2 Å². The van der Waals surface area contributed by atoms with Gasteiger partial charge in [0.1, 0.15) is 0 Å². The van der Waals surface area contributed by atoms with Gasteiger partial charge >= 0.3 is 0 Å². The highest BCUT2D eigenvalue weighted by Crippen LogP contribution is 2.15. The summed E-state index contributed by atoms with van der Waals surface area (Å²) in [7, 11) is 0. The second kappa shape index (κ2) is 2.53. The lowest BCUT2D eigenvalue weighted by Crippen LogP contribution is -2.01. The van der Waals surface area contributed by atoms with Gasteiger partial charge in [-0.25, -0.2) is 4.39 Å². The van der Waals surface area contributed by atoms with Crippen molar-refractivity contribution in [2.24, 2.45) is 0 Å². The smallest absolute Gasteiger partial charge is 0.202 e. The van der Waals surface area contributed by atoms with Gasteiger partial charge in [-0.05, 0) is 19.4 Å². The van der Waals surface area contributed by atoms with Gasteiger partial charge in [-0.3, -0.25) is 0 Å². The molecule has 60 valence electrons. The van der Waals surface area contributed by atoms with Crippen molar-refractivity contribution in [3.63, 3.8) is 0 Å². The second-order valence-electron chi connectivity index (χ2n) is 2.26. The van der Waals surface area contributed by atoms with Gasteiger partial charge in [0, 0.05) is 5.56 Å². The van der Waals surface area contributed by atoms with Gasteiger partial charge in [0.25, 0.3) is 5.95 Å². The van der Waals surface area contributed by atoms with Crippen molar-refractivity contribution in [3.05, 3.63) is 28.8 Å². The lowest BCUT2D eigenvalue weighted by atomic mass is 10.2. The van der Waals surface area contributed by atoms with Gasteiger partial charge < -0.3 is 0 Å². The summed E-state index contributed by atoms with van der Waals surface area (Å²) in [5, 5.41) is 0. The lowest BCUT2D eigenvalue weighted by molar-refractivity contribution is 0.438. The highest BCUT2D eigenvalue weighted by atomic mass is 19.2. The summed E-state index contributed by atoms with van der Waals surface area (Å²) in [4.78, 5) is 2.73. The predicted molar refractivity (Wildman–Crippen MR) is 33.6 cm³/mol. The van der Waals surface area contributed by atoms with E-state index < -0.39 is 17.7 Å². The van der Waals surface area contributed by atoms with E-state index in [-0.39, 0.29) is 11.1 Å². The van der Waals surface area contributed by atoms with Crippen molar-refractivity contribution < 1.29 is 13.2 Å². The van der Waals surface area contributed by atoms with Crippen LogP contribution < -0.4 is 0 Å². The van der Waals surface area contributed by atoms with Crippen LogP contribution in [-0.2, 0) is 0 Å². The SMILES string of the molecule is Cc1c(F)nc(F)c(F)c1C. The molecule has 0 aliphatic heterocycles. The van der Waals surface area contributed by atoms with E-state index in [1.807, 2.05) is 0 Å². The predicted octanol–water partition coefficient (Wildman–Crippen LogP) is 2.12. The summed E-state index contributed by atoms with van der Waals surface area (Å²) < 4.78 is 37.4. The topological polar surface area (TPSA) is 12.9 Å². The van der Waals surface area contributed by atoms with Gasteiger partial charge in [-0.15, -0.1) is 0 Å². The molecule has 11 heavy (non-hydrogen) atoms. The van der Waals surface area contributed by atoms with Gasteiger partial charge in [-0.1, -0.05) is 0 Å². The summed E-state index contributed by atoms with van der Waals surface area (Å²) in [6, 6.07) is 0. The Balaban J connectivity index is 3.46. The maximum atomic E-state index is 12.6. The van der Waals surface area contributed by atoms with Crippen molar-refractivity contribution in [3.8, 4) is 0 Å². The zero-order valence-corrected chi connectivity index (χ0v) is 6.08. The van der Waals surface area contributed by atoms with E-state index in [1.165, 1.54) is 13.8 Å². The molecule has 1 aromatic rings. The molecule has 0 bridgehead atoms. The zero-order chi connectivity index (χ0) is 8.59. The molecule has 0 amide bonds. The quantitative estimate of drug-likeness (QED) is 0.531. The number of pyridine rings is 1. The van der Waals surface area contributed by atoms with Crippen LogP contribution in [-0.4, -0.2) is 4.98 Å². The molecule has 1 aromatic heterocycles. The summed E-state index contributed by atoms with van der Waals surface area (Å²) in [5.74, 6) is -3.42. The lowest BCUT2D eigenvalue weighted by Gasteiger charge is -2.01. The molecule has 0 fully saturated rings. The Hall–Kier alpha value is -1.06. The number of nitrogens with zero attached hydrogens (tertiary/aromatic N) is 1. The monoisotopic (exact) mass is 161 g/mol. The minimum absolute atomic E-state index is 0.0324. The van der Waals surface area contributed by atoms with Crippen molar-refractivity contribution in [2.75, 3.05) is 0 Å². The van der Waals surface area contributed by atoms with E-state index in [0.29, 0.717) is 0 Å². The Morgan fingerprint density at radius 1 is 0.909 bits per heavy atom. The van der Waals surface area contributed by atoms with Gasteiger partial charge in [-0.2, -0.15) is 13.8 Å². The molecule has 1 rings (SSSR count). The Bertz CT molecular complexity index is 270. The number of aromatic nitrogens is 1. The van der Waals surface area contributed by atoms with Crippen molar-refractivity contribution in [1.29, 1.82) is 0 Å². The van der Waals surface area contributed by atoms with E-state index in [0.717, 1.165) is 0 Å².